The van der Waals surface area contributed by atoms with Gasteiger partial charge in [-0.2, -0.15) is 13.2 Å². The first kappa shape index (κ1) is 14.2. The monoisotopic (exact) mass is 267 g/mol. The van der Waals surface area contributed by atoms with Crippen molar-refractivity contribution in [1.29, 1.82) is 0 Å². The molecule has 1 aromatic carbocycles. The molecule has 0 radical (unpaired) electrons. The number of ether oxygens (including phenoxy) is 1. The number of anilines is 1. The first-order valence-electron chi connectivity index (χ1n) is 4.71. The van der Waals surface area contributed by atoms with E-state index in [2.05, 4.69) is 10.1 Å². The van der Waals surface area contributed by atoms with Crippen LogP contribution in [0.1, 0.15) is 0 Å². The number of nitrogens with one attached hydrogen (secondary N) is 1. The normalized spacial score (nSPS) is 11.3. The summed E-state index contributed by atoms with van der Waals surface area (Å²) in [5, 5.41) is 11.0. The molecule has 1 aromatic rings. The smallest absolute Gasteiger partial charge is 0.411 e. The third kappa shape index (κ3) is 5.00. The van der Waals surface area contributed by atoms with E-state index in [1.54, 1.807) is 0 Å². The van der Waals surface area contributed by atoms with Crippen LogP contribution in [0.4, 0.5) is 23.2 Å². The molecule has 0 aromatic heterocycles. The SMILES string of the molecule is O=C(COCC(F)(F)F)Nc1ccc(O)c(F)c1. The second kappa shape index (κ2) is 5.67. The minimum Gasteiger partial charge on any atom is -0.505 e. The van der Waals surface area contributed by atoms with E-state index in [0.29, 0.717) is 0 Å². The van der Waals surface area contributed by atoms with E-state index in [4.69, 9.17) is 5.11 Å². The summed E-state index contributed by atoms with van der Waals surface area (Å²) in [7, 11) is 0. The number of aromatic hydroxyl groups is 1. The number of hydrogen-bond acceptors (Lipinski definition) is 3. The van der Waals surface area contributed by atoms with Crippen LogP contribution in [0, 0.1) is 5.82 Å². The van der Waals surface area contributed by atoms with E-state index in [1.807, 2.05) is 0 Å². The van der Waals surface area contributed by atoms with Crippen LogP contribution in [0.5, 0.6) is 5.75 Å². The molecule has 100 valence electrons. The van der Waals surface area contributed by atoms with Crippen LogP contribution >= 0.6 is 0 Å². The highest BCUT2D eigenvalue weighted by molar-refractivity contribution is 5.91. The number of phenols is 1. The summed E-state index contributed by atoms with van der Waals surface area (Å²) in [6.45, 7) is -2.34. The maximum atomic E-state index is 12.9. The van der Waals surface area contributed by atoms with Crippen molar-refractivity contribution >= 4 is 11.6 Å². The summed E-state index contributed by atoms with van der Waals surface area (Å²) in [4.78, 5) is 11.1. The van der Waals surface area contributed by atoms with Gasteiger partial charge in [0.25, 0.3) is 0 Å². The maximum Gasteiger partial charge on any atom is 0.411 e. The molecule has 0 saturated heterocycles. The average Bonchev–Trinajstić information content (AvgIpc) is 2.21. The van der Waals surface area contributed by atoms with Crippen LogP contribution < -0.4 is 5.32 Å². The first-order valence-corrected chi connectivity index (χ1v) is 4.71. The molecule has 0 aliphatic rings. The first-order chi connectivity index (χ1) is 8.28. The highest BCUT2D eigenvalue weighted by Gasteiger charge is 2.27. The number of phenolic OH excluding ortho intramolecular Hbond substituents is 1. The van der Waals surface area contributed by atoms with Gasteiger partial charge in [-0.1, -0.05) is 0 Å². The summed E-state index contributed by atoms with van der Waals surface area (Å²) in [5.41, 5.74) is 0.00547. The zero-order chi connectivity index (χ0) is 13.8. The third-order valence-electron chi connectivity index (χ3n) is 1.73. The Kier molecular flexibility index (Phi) is 4.49. The van der Waals surface area contributed by atoms with Crippen LogP contribution in [0.15, 0.2) is 18.2 Å². The number of halogens is 4. The molecule has 4 nitrogen and oxygen atoms in total. The molecular weight excluding hydrogens is 258 g/mol. The number of amides is 1. The summed E-state index contributed by atoms with van der Waals surface area (Å²) in [5.74, 6) is -2.41. The molecule has 0 unspecified atom stereocenters. The van der Waals surface area contributed by atoms with Crippen molar-refractivity contribution in [3.8, 4) is 5.75 Å². The summed E-state index contributed by atoms with van der Waals surface area (Å²) >= 11 is 0. The molecule has 0 heterocycles. The van der Waals surface area contributed by atoms with Crippen LogP contribution in [-0.4, -0.2) is 30.4 Å². The van der Waals surface area contributed by atoms with Gasteiger partial charge in [0.1, 0.15) is 13.2 Å². The van der Waals surface area contributed by atoms with Gasteiger partial charge in [0.2, 0.25) is 5.91 Å². The quantitative estimate of drug-likeness (QED) is 0.648. The Hall–Kier alpha value is -1.83. The minimum absolute atomic E-state index is 0.00547. The standard InChI is InChI=1S/C10H9F4NO3/c11-7-3-6(1-2-8(7)16)15-9(17)4-18-5-10(12,13)14/h1-3,16H,4-5H2,(H,15,17). The number of carbonyl (C=O) groups excluding carboxylic acids is 1. The molecule has 0 aliphatic heterocycles. The fourth-order valence-electron chi connectivity index (χ4n) is 1.04. The van der Waals surface area contributed by atoms with Gasteiger partial charge in [0.15, 0.2) is 11.6 Å². The number of carbonyl (C=O) groups is 1. The molecule has 8 heteroatoms. The fourth-order valence-corrected chi connectivity index (χ4v) is 1.04. The summed E-state index contributed by atoms with van der Waals surface area (Å²) < 4.78 is 52.1. The number of benzene rings is 1. The van der Waals surface area contributed by atoms with Crippen molar-refractivity contribution in [1.82, 2.24) is 0 Å². The predicted octanol–water partition coefficient (Wildman–Crippen LogP) is 2.05. The minimum atomic E-state index is -4.51. The Labute approximate surface area is 99.2 Å². The summed E-state index contributed by atoms with van der Waals surface area (Å²) in [6, 6.07) is 3.03. The maximum absolute atomic E-state index is 12.9. The van der Waals surface area contributed by atoms with E-state index < -0.39 is 36.9 Å². The fraction of sp³-hybridized carbons (Fsp3) is 0.300. The van der Waals surface area contributed by atoms with Gasteiger partial charge in [-0.3, -0.25) is 4.79 Å². The Morgan fingerprint density at radius 1 is 1.39 bits per heavy atom. The lowest BCUT2D eigenvalue weighted by molar-refractivity contribution is -0.174. The zero-order valence-electron chi connectivity index (χ0n) is 8.92. The van der Waals surface area contributed by atoms with Gasteiger partial charge in [-0.15, -0.1) is 0 Å². The van der Waals surface area contributed by atoms with Gasteiger partial charge < -0.3 is 15.2 Å². The Balaban J connectivity index is 2.42. The van der Waals surface area contributed by atoms with Crippen LogP contribution in [0.3, 0.4) is 0 Å². The molecule has 0 atom stereocenters. The molecule has 0 saturated carbocycles. The van der Waals surface area contributed by atoms with Crippen molar-refractivity contribution in [2.24, 2.45) is 0 Å². The Morgan fingerprint density at radius 3 is 2.61 bits per heavy atom. The van der Waals surface area contributed by atoms with Crippen LogP contribution in [0.2, 0.25) is 0 Å². The molecule has 2 N–H and O–H groups in total. The highest BCUT2D eigenvalue weighted by Crippen LogP contribution is 2.19. The van der Waals surface area contributed by atoms with Crippen molar-refractivity contribution in [2.45, 2.75) is 6.18 Å². The highest BCUT2D eigenvalue weighted by atomic mass is 19.4. The van der Waals surface area contributed by atoms with Crippen molar-refractivity contribution in [2.75, 3.05) is 18.5 Å². The zero-order valence-corrected chi connectivity index (χ0v) is 8.92. The van der Waals surface area contributed by atoms with Gasteiger partial charge in [0.05, 0.1) is 0 Å². The average molecular weight is 267 g/mol. The van der Waals surface area contributed by atoms with Gasteiger partial charge in [-0.05, 0) is 12.1 Å². The molecule has 1 amide bonds. The predicted molar refractivity (Wildman–Crippen MR) is 53.6 cm³/mol. The molecule has 0 bridgehead atoms. The second-order valence-corrected chi connectivity index (χ2v) is 3.32. The van der Waals surface area contributed by atoms with Gasteiger partial charge >= 0.3 is 6.18 Å². The number of hydrogen-bond donors (Lipinski definition) is 2. The van der Waals surface area contributed by atoms with Gasteiger partial charge in [-0.25, -0.2) is 4.39 Å². The Bertz CT molecular complexity index is 434. The van der Waals surface area contributed by atoms with Crippen LogP contribution in [0.25, 0.3) is 0 Å². The van der Waals surface area contributed by atoms with E-state index in [1.165, 1.54) is 6.07 Å². The largest absolute Gasteiger partial charge is 0.505 e. The molecule has 0 aliphatic carbocycles. The van der Waals surface area contributed by atoms with Gasteiger partial charge in [0, 0.05) is 11.8 Å². The van der Waals surface area contributed by atoms with E-state index in [-0.39, 0.29) is 5.69 Å². The third-order valence-corrected chi connectivity index (χ3v) is 1.73. The lowest BCUT2D eigenvalue weighted by Gasteiger charge is -2.08. The lowest BCUT2D eigenvalue weighted by Crippen LogP contribution is -2.24. The molecule has 18 heavy (non-hydrogen) atoms. The van der Waals surface area contributed by atoms with Crippen molar-refractivity contribution < 1.29 is 32.2 Å². The molecular formula is C10H9F4NO3. The van der Waals surface area contributed by atoms with Crippen LogP contribution in [-0.2, 0) is 9.53 Å². The number of rotatable bonds is 4. The van der Waals surface area contributed by atoms with E-state index in [0.717, 1.165) is 12.1 Å². The van der Waals surface area contributed by atoms with E-state index in [9.17, 15) is 22.4 Å². The summed E-state index contributed by atoms with van der Waals surface area (Å²) in [6.07, 6.45) is -4.51. The van der Waals surface area contributed by atoms with E-state index >= 15 is 0 Å². The number of alkyl halides is 3. The lowest BCUT2D eigenvalue weighted by atomic mass is 10.3. The Morgan fingerprint density at radius 2 is 2.06 bits per heavy atom. The van der Waals surface area contributed by atoms with Crippen molar-refractivity contribution in [3.05, 3.63) is 24.0 Å². The molecule has 0 fully saturated rings. The molecule has 0 spiro atoms. The second-order valence-electron chi connectivity index (χ2n) is 3.32. The molecule has 1 rings (SSSR count). The topological polar surface area (TPSA) is 58.6 Å². The van der Waals surface area contributed by atoms with Crippen molar-refractivity contribution in [3.63, 3.8) is 0 Å².